The molecule has 0 bridgehead atoms. The van der Waals surface area contributed by atoms with Gasteiger partial charge in [-0.15, -0.1) is 0 Å². The van der Waals surface area contributed by atoms with Crippen LogP contribution in [0.1, 0.15) is 18.5 Å². The number of nitrogens with two attached hydrogens (primary N) is 3. The molecule has 0 aliphatic carbocycles. The summed E-state index contributed by atoms with van der Waals surface area (Å²) in [6.45, 7) is -1.57. The number of H-pyrrole nitrogens is 1. The van der Waals surface area contributed by atoms with E-state index in [2.05, 4.69) is 36.2 Å². The third-order valence-electron chi connectivity index (χ3n) is 4.63. The van der Waals surface area contributed by atoms with Crippen LogP contribution in [0, 0.1) is 0 Å². The summed E-state index contributed by atoms with van der Waals surface area (Å²) in [5, 5.41) is 27.9. The largest absolute Gasteiger partial charge is 0.480 e. The number of rotatable bonds is 16. The van der Waals surface area contributed by atoms with Gasteiger partial charge in [0.2, 0.25) is 23.6 Å². The number of nitrogens with zero attached hydrogens (tertiary/aromatic N) is 2. The monoisotopic (exact) mass is 512 g/mol. The number of hydrogen-bond acceptors (Lipinski definition) is 9. The molecular formula is C19H32N10O7. The van der Waals surface area contributed by atoms with E-state index >= 15 is 0 Å². The van der Waals surface area contributed by atoms with E-state index in [0.717, 1.165) is 0 Å². The number of amides is 4. The second kappa shape index (κ2) is 15.6. The molecule has 0 saturated carbocycles. The minimum Gasteiger partial charge on any atom is -0.480 e. The molecule has 17 nitrogen and oxygen atoms in total. The van der Waals surface area contributed by atoms with E-state index in [1.807, 2.05) is 0 Å². The molecule has 0 unspecified atom stereocenters. The molecule has 1 heterocycles. The average Bonchev–Trinajstić information content (AvgIpc) is 3.34. The fraction of sp³-hybridized carbons (Fsp3) is 0.526. The van der Waals surface area contributed by atoms with Crippen LogP contribution in [0.4, 0.5) is 0 Å². The van der Waals surface area contributed by atoms with Crippen molar-refractivity contribution < 1.29 is 34.2 Å². The van der Waals surface area contributed by atoms with Gasteiger partial charge in [0, 0.05) is 24.9 Å². The van der Waals surface area contributed by atoms with Crippen molar-refractivity contribution in [1.29, 1.82) is 0 Å². The number of aliphatic imine (C=N–C) groups is 1. The van der Waals surface area contributed by atoms with Crippen LogP contribution in [-0.4, -0.2) is 100 Å². The standard InChI is InChI=1S/C19H32N10O7/c20-5-14(31)28-13(8-30)16(33)25-7-15(32)27-12(4-10-6-23-9-26-10)17(34)29-11(18(35)36)2-1-3-24-19(21)22/h6,9,11-13,30H,1-5,7-8,20H2,(H,23,26)(H,25,33)(H,27,32)(H,28,31)(H,29,34)(H,35,36)(H4,21,22,24)/t11-,12-,13-/m0/s1. The molecule has 0 aromatic carbocycles. The molecule has 200 valence electrons. The quantitative estimate of drug-likeness (QED) is 0.0566. The maximum atomic E-state index is 12.8. The van der Waals surface area contributed by atoms with Crippen LogP contribution in [0.2, 0.25) is 0 Å². The smallest absolute Gasteiger partial charge is 0.326 e. The lowest BCUT2D eigenvalue weighted by molar-refractivity contribution is -0.142. The van der Waals surface area contributed by atoms with E-state index in [0.29, 0.717) is 5.69 Å². The van der Waals surface area contributed by atoms with Crippen molar-refractivity contribution in [2.45, 2.75) is 37.4 Å². The zero-order valence-corrected chi connectivity index (χ0v) is 19.4. The second-order valence-electron chi connectivity index (χ2n) is 7.47. The first-order valence-corrected chi connectivity index (χ1v) is 10.8. The number of carbonyl (C=O) groups is 5. The number of aliphatic carboxylic acids is 1. The molecule has 4 amide bonds. The van der Waals surface area contributed by atoms with Crippen molar-refractivity contribution in [3.05, 3.63) is 18.2 Å². The Balaban J connectivity index is 2.79. The third kappa shape index (κ3) is 11.3. The Bertz CT molecular complexity index is 918. The van der Waals surface area contributed by atoms with Crippen LogP contribution in [0.3, 0.4) is 0 Å². The van der Waals surface area contributed by atoms with Crippen molar-refractivity contribution in [2.24, 2.45) is 22.2 Å². The van der Waals surface area contributed by atoms with E-state index in [1.54, 1.807) is 0 Å². The summed E-state index contributed by atoms with van der Waals surface area (Å²) >= 11 is 0. The average molecular weight is 513 g/mol. The molecule has 1 aromatic rings. The number of carbonyl (C=O) groups excluding carboxylic acids is 4. The molecule has 3 atom stereocenters. The van der Waals surface area contributed by atoms with E-state index in [1.165, 1.54) is 12.5 Å². The number of aromatic amines is 1. The van der Waals surface area contributed by atoms with Crippen molar-refractivity contribution in [3.8, 4) is 0 Å². The van der Waals surface area contributed by atoms with Crippen molar-refractivity contribution in [3.63, 3.8) is 0 Å². The summed E-state index contributed by atoms with van der Waals surface area (Å²) in [5.74, 6) is -4.55. The van der Waals surface area contributed by atoms with Gasteiger partial charge in [-0.3, -0.25) is 24.2 Å². The first-order chi connectivity index (χ1) is 17.1. The molecular weight excluding hydrogens is 480 g/mol. The van der Waals surface area contributed by atoms with E-state index in [4.69, 9.17) is 17.2 Å². The van der Waals surface area contributed by atoms with Gasteiger partial charge in [-0.05, 0) is 12.8 Å². The van der Waals surface area contributed by atoms with Crippen LogP contribution in [0.25, 0.3) is 0 Å². The first kappa shape index (κ1) is 29.8. The van der Waals surface area contributed by atoms with Crippen LogP contribution in [0.15, 0.2) is 17.5 Å². The Morgan fingerprint density at radius 3 is 2.28 bits per heavy atom. The van der Waals surface area contributed by atoms with Crippen LogP contribution < -0.4 is 38.5 Å². The molecule has 0 fully saturated rings. The summed E-state index contributed by atoms with van der Waals surface area (Å²) in [6.07, 6.45) is 3.02. The minimum absolute atomic E-state index is 0.0235. The second-order valence-corrected chi connectivity index (χ2v) is 7.47. The molecule has 0 aliphatic rings. The lowest BCUT2D eigenvalue weighted by Gasteiger charge is -2.21. The maximum Gasteiger partial charge on any atom is 0.326 e. The highest BCUT2D eigenvalue weighted by molar-refractivity contribution is 5.93. The number of guanidine groups is 1. The first-order valence-electron chi connectivity index (χ1n) is 10.8. The van der Waals surface area contributed by atoms with Gasteiger partial charge in [-0.2, -0.15) is 0 Å². The molecule has 1 aromatic heterocycles. The Morgan fingerprint density at radius 1 is 1.03 bits per heavy atom. The van der Waals surface area contributed by atoms with Crippen molar-refractivity contribution >= 4 is 35.6 Å². The number of aliphatic hydroxyl groups excluding tert-OH is 1. The molecule has 0 aliphatic heterocycles. The van der Waals surface area contributed by atoms with Crippen LogP contribution >= 0.6 is 0 Å². The van der Waals surface area contributed by atoms with Gasteiger partial charge in [0.05, 0.1) is 26.0 Å². The van der Waals surface area contributed by atoms with E-state index < -0.39 is 67.4 Å². The minimum atomic E-state index is -1.33. The summed E-state index contributed by atoms with van der Waals surface area (Å²) in [7, 11) is 0. The molecule has 0 radical (unpaired) electrons. The number of aliphatic hydroxyl groups is 1. The van der Waals surface area contributed by atoms with Gasteiger partial charge in [-0.25, -0.2) is 9.78 Å². The summed E-state index contributed by atoms with van der Waals surface area (Å²) < 4.78 is 0. The van der Waals surface area contributed by atoms with Crippen LogP contribution in [0.5, 0.6) is 0 Å². The Hall–Kier alpha value is -4.25. The highest BCUT2D eigenvalue weighted by atomic mass is 16.4. The molecule has 13 N–H and O–H groups in total. The molecule has 0 spiro atoms. The lowest BCUT2D eigenvalue weighted by atomic mass is 10.1. The predicted molar refractivity (Wildman–Crippen MR) is 125 cm³/mol. The van der Waals surface area contributed by atoms with Crippen molar-refractivity contribution in [2.75, 3.05) is 26.2 Å². The lowest BCUT2D eigenvalue weighted by Crippen LogP contribution is -2.55. The summed E-state index contributed by atoms with van der Waals surface area (Å²) in [4.78, 5) is 70.6. The number of imidazole rings is 1. The van der Waals surface area contributed by atoms with Crippen LogP contribution in [-0.2, 0) is 30.4 Å². The van der Waals surface area contributed by atoms with E-state index in [9.17, 15) is 34.2 Å². The van der Waals surface area contributed by atoms with Gasteiger partial charge in [-0.1, -0.05) is 0 Å². The fourth-order valence-electron chi connectivity index (χ4n) is 2.84. The van der Waals surface area contributed by atoms with Gasteiger partial charge in [0.1, 0.15) is 18.1 Å². The number of carboxylic acids is 1. The topological polar surface area (TPSA) is 293 Å². The fourth-order valence-corrected chi connectivity index (χ4v) is 2.84. The maximum absolute atomic E-state index is 12.8. The molecule has 17 heteroatoms. The Labute approximate surface area is 205 Å². The van der Waals surface area contributed by atoms with Gasteiger partial charge < -0.3 is 53.7 Å². The SMILES string of the molecule is NCC(=O)N[C@@H](CO)C(=O)NCC(=O)N[C@@H](Cc1cnc[nH]1)C(=O)N[C@@H](CCCN=C(N)N)C(=O)O. The number of nitrogens with one attached hydrogen (secondary N) is 5. The molecule has 36 heavy (non-hydrogen) atoms. The number of aromatic nitrogens is 2. The summed E-state index contributed by atoms with van der Waals surface area (Å²) in [6, 6.07) is -3.82. The molecule has 1 rings (SSSR count). The summed E-state index contributed by atoms with van der Waals surface area (Å²) in [5.41, 5.74) is 16.1. The van der Waals surface area contributed by atoms with E-state index in [-0.39, 0.29) is 31.8 Å². The zero-order chi connectivity index (χ0) is 27.1. The highest BCUT2D eigenvalue weighted by Gasteiger charge is 2.27. The van der Waals surface area contributed by atoms with Gasteiger partial charge in [0.25, 0.3) is 0 Å². The molecule has 0 saturated heterocycles. The number of carboxylic acid groups (broad SMARTS) is 1. The van der Waals surface area contributed by atoms with Gasteiger partial charge >= 0.3 is 5.97 Å². The van der Waals surface area contributed by atoms with Gasteiger partial charge in [0.15, 0.2) is 5.96 Å². The zero-order valence-electron chi connectivity index (χ0n) is 19.4. The Morgan fingerprint density at radius 2 is 1.72 bits per heavy atom. The van der Waals surface area contributed by atoms with Crippen molar-refractivity contribution in [1.82, 2.24) is 31.2 Å². The third-order valence-corrected chi connectivity index (χ3v) is 4.63. The number of hydrogen-bond donors (Lipinski definition) is 10. The Kier molecular flexibility index (Phi) is 12.9. The normalized spacial score (nSPS) is 12.9. The predicted octanol–water partition coefficient (Wildman–Crippen LogP) is -5.39. The highest BCUT2D eigenvalue weighted by Crippen LogP contribution is 2.03.